The molecule has 5 rings (SSSR count). The zero-order valence-electron chi connectivity index (χ0n) is 19.4. The Kier molecular flexibility index (Phi) is 6.59. The van der Waals surface area contributed by atoms with E-state index in [1.807, 2.05) is 24.3 Å². The highest BCUT2D eigenvalue weighted by molar-refractivity contribution is 7.22. The second-order valence-corrected chi connectivity index (χ2v) is 10.1. The molecule has 1 fully saturated rings. The standard InChI is InChI=1S/C27H22F3N3O3S/c28-27(29,30)19-9-12-21-23(14-19)37-26(33-21)31-20-10-7-17(8-11-20)16-3-5-18(6-4-16)24(34)32-22(25(35)36)13-15-1-2-15/h3-12,14-15,22H,1-2,13H2,(H,31,33)(H,32,34)(H,35,36)/t22-/m0/s1. The van der Waals surface area contributed by atoms with Crippen molar-refractivity contribution in [1.29, 1.82) is 0 Å². The minimum absolute atomic E-state index is 0.373. The molecule has 1 aromatic heterocycles. The lowest BCUT2D eigenvalue weighted by molar-refractivity contribution is -0.139. The molecule has 0 saturated heterocycles. The molecule has 0 radical (unpaired) electrons. The Bertz CT molecular complexity index is 1450. The molecule has 37 heavy (non-hydrogen) atoms. The first-order valence-electron chi connectivity index (χ1n) is 11.6. The predicted molar refractivity (Wildman–Crippen MR) is 136 cm³/mol. The lowest BCUT2D eigenvalue weighted by Gasteiger charge is -2.14. The van der Waals surface area contributed by atoms with Crippen LogP contribution in [0.3, 0.4) is 0 Å². The third kappa shape index (κ3) is 5.91. The summed E-state index contributed by atoms with van der Waals surface area (Å²) < 4.78 is 39.3. The lowest BCUT2D eigenvalue weighted by Crippen LogP contribution is -2.41. The number of rotatable bonds is 8. The van der Waals surface area contributed by atoms with E-state index in [1.54, 1.807) is 24.3 Å². The van der Waals surface area contributed by atoms with Gasteiger partial charge in [0, 0.05) is 11.3 Å². The number of halogens is 3. The summed E-state index contributed by atoms with van der Waals surface area (Å²) >= 11 is 1.14. The van der Waals surface area contributed by atoms with Gasteiger partial charge in [0.1, 0.15) is 6.04 Å². The van der Waals surface area contributed by atoms with E-state index in [1.165, 1.54) is 6.07 Å². The number of anilines is 2. The van der Waals surface area contributed by atoms with Gasteiger partial charge in [0.25, 0.3) is 5.91 Å². The molecular formula is C27H22F3N3O3S. The summed E-state index contributed by atoms with van der Waals surface area (Å²) in [5, 5.41) is 15.6. The van der Waals surface area contributed by atoms with Gasteiger partial charge in [-0.05, 0) is 65.9 Å². The van der Waals surface area contributed by atoms with Crippen LogP contribution in [0.25, 0.3) is 21.3 Å². The van der Waals surface area contributed by atoms with Crippen molar-refractivity contribution >= 4 is 44.2 Å². The first-order chi connectivity index (χ1) is 17.7. The van der Waals surface area contributed by atoms with Crippen molar-refractivity contribution in [2.24, 2.45) is 5.92 Å². The van der Waals surface area contributed by atoms with Crippen LogP contribution in [0, 0.1) is 5.92 Å². The molecule has 1 aliphatic rings. The summed E-state index contributed by atoms with van der Waals surface area (Å²) in [5.41, 5.74) is 2.66. The number of alkyl halides is 3. The Morgan fingerprint density at radius 1 is 1.00 bits per heavy atom. The lowest BCUT2D eigenvalue weighted by atomic mass is 10.0. The van der Waals surface area contributed by atoms with E-state index in [0.29, 0.717) is 33.3 Å². The third-order valence-corrected chi connectivity index (χ3v) is 7.14. The van der Waals surface area contributed by atoms with E-state index >= 15 is 0 Å². The average Bonchev–Trinajstić information content (AvgIpc) is 3.59. The van der Waals surface area contributed by atoms with Crippen molar-refractivity contribution in [1.82, 2.24) is 10.3 Å². The van der Waals surface area contributed by atoms with E-state index in [0.717, 1.165) is 53.1 Å². The Balaban J connectivity index is 1.24. The van der Waals surface area contributed by atoms with Crippen LogP contribution in [0.15, 0.2) is 66.7 Å². The number of aliphatic carboxylic acids is 1. The second kappa shape index (κ2) is 9.85. The van der Waals surface area contributed by atoms with Crippen molar-refractivity contribution in [3.8, 4) is 11.1 Å². The fourth-order valence-corrected chi connectivity index (χ4v) is 4.91. The van der Waals surface area contributed by atoms with Gasteiger partial charge in [0.2, 0.25) is 0 Å². The van der Waals surface area contributed by atoms with Gasteiger partial charge in [-0.2, -0.15) is 13.2 Å². The number of hydrogen-bond acceptors (Lipinski definition) is 5. The maximum absolute atomic E-state index is 13.0. The quantitative estimate of drug-likeness (QED) is 0.238. The number of amides is 1. The molecule has 6 nitrogen and oxygen atoms in total. The van der Waals surface area contributed by atoms with Crippen molar-refractivity contribution in [3.05, 3.63) is 77.9 Å². The fourth-order valence-electron chi connectivity index (χ4n) is 3.99. The predicted octanol–water partition coefficient (Wildman–Crippen LogP) is 6.71. The highest BCUT2D eigenvalue weighted by Crippen LogP contribution is 2.35. The molecule has 4 aromatic rings. The van der Waals surface area contributed by atoms with Gasteiger partial charge in [-0.15, -0.1) is 0 Å². The largest absolute Gasteiger partial charge is 0.480 e. The van der Waals surface area contributed by atoms with E-state index in [-0.39, 0.29) is 0 Å². The van der Waals surface area contributed by atoms with Gasteiger partial charge in [-0.1, -0.05) is 48.4 Å². The molecule has 0 spiro atoms. The number of carbonyl (C=O) groups excluding carboxylic acids is 1. The van der Waals surface area contributed by atoms with Crippen molar-refractivity contribution in [2.45, 2.75) is 31.5 Å². The average molecular weight is 526 g/mol. The van der Waals surface area contributed by atoms with Crippen molar-refractivity contribution in [3.63, 3.8) is 0 Å². The summed E-state index contributed by atoms with van der Waals surface area (Å²) in [6.45, 7) is 0. The number of carboxylic acids is 1. The van der Waals surface area contributed by atoms with Crippen LogP contribution in [-0.2, 0) is 11.0 Å². The molecule has 1 amide bonds. The first kappa shape index (κ1) is 24.8. The maximum atomic E-state index is 13.0. The van der Waals surface area contributed by atoms with Gasteiger partial charge in [-0.3, -0.25) is 4.79 Å². The van der Waals surface area contributed by atoms with Gasteiger partial charge < -0.3 is 15.7 Å². The zero-order chi connectivity index (χ0) is 26.2. The molecular weight excluding hydrogens is 503 g/mol. The summed E-state index contributed by atoms with van der Waals surface area (Å²) in [5.74, 6) is -1.07. The van der Waals surface area contributed by atoms with Gasteiger partial charge in [-0.25, -0.2) is 9.78 Å². The SMILES string of the molecule is O=C(N[C@@H](CC1CC1)C(=O)O)c1ccc(-c2ccc(Nc3nc4ccc(C(F)(F)F)cc4s3)cc2)cc1. The minimum atomic E-state index is -4.40. The second-order valence-electron chi connectivity index (χ2n) is 9.02. The van der Waals surface area contributed by atoms with E-state index in [4.69, 9.17) is 0 Å². The van der Waals surface area contributed by atoms with Crippen molar-refractivity contribution < 1.29 is 27.9 Å². The fraction of sp³-hybridized carbons (Fsp3) is 0.222. The molecule has 0 bridgehead atoms. The molecule has 0 aliphatic heterocycles. The first-order valence-corrected chi connectivity index (χ1v) is 12.5. The van der Waals surface area contributed by atoms with Gasteiger partial charge >= 0.3 is 12.1 Å². The highest BCUT2D eigenvalue weighted by Gasteiger charge is 2.31. The Labute approximate surface area is 214 Å². The molecule has 1 saturated carbocycles. The number of nitrogens with zero attached hydrogens (tertiary/aromatic N) is 1. The summed E-state index contributed by atoms with van der Waals surface area (Å²) in [6, 6.07) is 16.9. The van der Waals surface area contributed by atoms with Crippen LogP contribution in [0.1, 0.15) is 35.2 Å². The summed E-state index contributed by atoms with van der Waals surface area (Å²) in [6.07, 6.45) is -1.94. The molecule has 0 unspecified atom stereocenters. The molecule has 3 aromatic carbocycles. The Morgan fingerprint density at radius 3 is 2.24 bits per heavy atom. The van der Waals surface area contributed by atoms with Crippen LogP contribution in [0.4, 0.5) is 24.0 Å². The molecule has 1 atom stereocenters. The number of benzene rings is 3. The molecule has 10 heteroatoms. The third-order valence-electron chi connectivity index (χ3n) is 6.20. The smallest absolute Gasteiger partial charge is 0.416 e. The molecule has 190 valence electrons. The number of aromatic nitrogens is 1. The zero-order valence-corrected chi connectivity index (χ0v) is 20.2. The summed E-state index contributed by atoms with van der Waals surface area (Å²) in [7, 11) is 0. The van der Waals surface area contributed by atoms with Crippen molar-refractivity contribution in [2.75, 3.05) is 5.32 Å². The number of thiazole rings is 1. The van der Waals surface area contributed by atoms with Crippen LogP contribution in [0.2, 0.25) is 0 Å². The number of nitrogens with one attached hydrogen (secondary N) is 2. The maximum Gasteiger partial charge on any atom is 0.416 e. The van der Waals surface area contributed by atoms with E-state index in [2.05, 4.69) is 15.6 Å². The minimum Gasteiger partial charge on any atom is -0.480 e. The number of hydrogen-bond donors (Lipinski definition) is 3. The molecule has 1 heterocycles. The van der Waals surface area contributed by atoms with Crippen LogP contribution >= 0.6 is 11.3 Å². The van der Waals surface area contributed by atoms with E-state index < -0.39 is 29.7 Å². The topological polar surface area (TPSA) is 91.3 Å². The number of carboxylic acid groups (broad SMARTS) is 1. The number of fused-ring (bicyclic) bond motifs is 1. The van der Waals surface area contributed by atoms with Gasteiger partial charge in [0.15, 0.2) is 5.13 Å². The number of carbonyl (C=O) groups is 2. The van der Waals surface area contributed by atoms with Crippen LogP contribution < -0.4 is 10.6 Å². The van der Waals surface area contributed by atoms with Crippen LogP contribution in [0.5, 0.6) is 0 Å². The normalized spacial score (nSPS) is 14.4. The highest BCUT2D eigenvalue weighted by atomic mass is 32.1. The Morgan fingerprint density at radius 2 is 1.65 bits per heavy atom. The van der Waals surface area contributed by atoms with Gasteiger partial charge in [0.05, 0.1) is 15.8 Å². The monoisotopic (exact) mass is 525 g/mol. The summed E-state index contributed by atoms with van der Waals surface area (Å²) in [4.78, 5) is 28.3. The van der Waals surface area contributed by atoms with Crippen LogP contribution in [-0.4, -0.2) is 28.0 Å². The Hall–Kier alpha value is -3.92. The molecule has 1 aliphatic carbocycles. The van der Waals surface area contributed by atoms with E-state index in [9.17, 15) is 27.9 Å². The molecule has 3 N–H and O–H groups in total.